The Bertz CT molecular complexity index is 780. The molecule has 0 atom stereocenters. The van der Waals surface area contributed by atoms with Crippen molar-refractivity contribution in [1.82, 2.24) is 14.3 Å². The molecular formula is C17H22N4. The minimum atomic E-state index is 0.593. The third-order valence-electron chi connectivity index (χ3n) is 4.32. The minimum absolute atomic E-state index is 0.593. The molecule has 0 saturated carbocycles. The molecule has 0 bridgehead atoms. The van der Waals surface area contributed by atoms with Crippen LogP contribution in [0.4, 0.5) is 0 Å². The number of nitrogens with zero attached hydrogens (tertiary/aromatic N) is 3. The standard InChI is InChI=1S/C17H22N4/c1-12-13(2)21(7-6-15-10-19-20(3)11-15)17-5-4-14(9-18)8-16(12)17/h4-5,8,10-11H,6-7,9,18H2,1-3H3. The first-order valence-electron chi connectivity index (χ1n) is 7.36. The summed E-state index contributed by atoms with van der Waals surface area (Å²) < 4.78 is 4.26. The van der Waals surface area contributed by atoms with E-state index in [0.29, 0.717) is 6.54 Å². The van der Waals surface area contributed by atoms with Crippen LogP contribution in [0.15, 0.2) is 30.6 Å². The average molecular weight is 282 g/mol. The molecule has 0 aliphatic heterocycles. The molecule has 0 radical (unpaired) electrons. The second-order valence-corrected chi connectivity index (χ2v) is 5.69. The lowest BCUT2D eigenvalue weighted by atomic mass is 10.1. The van der Waals surface area contributed by atoms with E-state index >= 15 is 0 Å². The predicted octanol–water partition coefficient (Wildman–Crippen LogP) is 2.69. The van der Waals surface area contributed by atoms with Gasteiger partial charge in [-0.2, -0.15) is 5.10 Å². The molecule has 1 aromatic carbocycles. The summed E-state index contributed by atoms with van der Waals surface area (Å²) in [5.41, 5.74) is 12.2. The van der Waals surface area contributed by atoms with Crippen LogP contribution in [0.2, 0.25) is 0 Å². The van der Waals surface area contributed by atoms with Crippen molar-refractivity contribution >= 4 is 10.9 Å². The molecule has 110 valence electrons. The number of hydrogen-bond donors (Lipinski definition) is 1. The fourth-order valence-electron chi connectivity index (χ4n) is 2.95. The van der Waals surface area contributed by atoms with Crippen LogP contribution in [0, 0.1) is 13.8 Å². The monoisotopic (exact) mass is 282 g/mol. The molecule has 2 N–H and O–H groups in total. The van der Waals surface area contributed by atoms with E-state index in [1.165, 1.54) is 33.3 Å². The lowest BCUT2D eigenvalue weighted by molar-refractivity contribution is 0.699. The summed E-state index contributed by atoms with van der Waals surface area (Å²) >= 11 is 0. The van der Waals surface area contributed by atoms with Crippen molar-refractivity contribution in [2.75, 3.05) is 0 Å². The van der Waals surface area contributed by atoms with E-state index in [1.54, 1.807) is 0 Å². The number of hydrogen-bond acceptors (Lipinski definition) is 2. The molecule has 0 fully saturated rings. The summed E-state index contributed by atoms with van der Waals surface area (Å²) in [5, 5.41) is 5.56. The van der Waals surface area contributed by atoms with Gasteiger partial charge in [0.15, 0.2) is 0 Å². The van der Waals surface area contributed by atoms with Gasteiger partial charge in [0.05, 0.1) is 6.20 Å². The largest absolute Gasteiger partial charge is 0.344 e. The van der Waals surface area contributed by atoms with Crippen molar-refractivity contribution in [3.05, 3.63) is 53.0 Å². The molecule has 0 spiro atoms. The molecule has 0 aliphatic rings. The SMILES string of the molecule is Cc1c(C)n(CCc2cnn(C)c2)c2ccc(CN)cc12. The predicted molar refractivity (Wildman–Crippen MR) is 86.2 cm³/mol. The Labute approximate surface area is 125 Å². The molecule has 0 unspecified atom stereocenters. The molecule has 4 nitrogen and oxygen atoms in total. The quantitative estimate of drug-likeness (QED) is 0.800. The maximum atomic E-state index is 5.76. The van der Waals surface area contributed by atoms with Crippen molar-refractivity contribution in [2.24, 2.45) is 12.8 Å². The van der Waals surface area contributed by atoms with Gasteiger partial charge in [0.1, 0.15) is 0 Å². The fraction of sp³-hybridized carbons (Fsp3) is 0.353. The third-order valence-corrected chi connectivity index (χ3v) is 4.32. The molecule has 2 aromatic heterocycles. The van der Waals surface area contributed by atoms with Crippen LogP contribution in [0.3, 0.4) is 0 Å². The maximum Gasteiger partial charge on any atom is 0.0522 e. The van der Waals surface area contributed by atoms with Gasteiger partial charge in [-0.3, -0.25) is 4.68 Å². The Hall–Kier alpha value is -2.07. The second kappa shape index (κ2) is 5.37. The highest BCUT2D eigenvalue weighted by molar-refractivity contribution is 5.86. The molecule has 0 amide bonds. The zero-order valence-corrected chi connectivity index (χ0v) is 12.9. The second-order valence-electron chi connectivity index (χ2n) is 5.69. The van der Waals surface area contributed by atoms with Crippen LogP contribution in [0.5, 0.6) is 0 Å². The van der Waals surface area contributed by atoms with Gasteiger partial charge in [-0.05, 0) is 49.1 Å². The van der Waals surface area contributed by atoms with E-state index in [2.05, 4.69) is 47.9 Å². The van der Waals surface area contributed by atoms with Gasteiger partial charge < -0.3 is 10.3 Å². The first-order valence-corrected chi connectivity index (χ1v) is 7.36. The van der Waals surface area contributed by atoms with Crippen LogP contribution in [0.25, 0.3) is 10.9 Å². The first-order chi connectivity index (χ1) is 10.1. The van der Waals surface area contributed by atoms with Crippen LogP contribution in [0.1, 0.15) is 22.4 Å². The topological polar surface area (TPSA) is 48.8 Å². The van der Waals surface area contributed by atoms with Crippen LogP contribution in [-0.4, -0.2) is 14.3 Å². The molecule has 2 heterocycles. The van der Waals surface area contributed by atoms with E-state index in [0.717, 1.165) is 13.0 Å². The summed E-state index contributed by atoms with van der Waals surface area (Å²) in [5.74, 6) is 0. The van der Waals surface area contributed by atoms with Gasteiger partial charge in [0.25, 0.3) is 0 Å². The van der Waals surface area contributed by atoms with E-state index in [9.17, 15) is 0 Å². The molecule has 21 heavy (non-hydrogen) atoms. The summed E-state index contributed by atoms with van der Waals surface area (Å²) in [6.07, 6.45) is 5.03. The van der Waals surface area contributed by atoms with Crippen LogP contribution < -0.4 is 5.73 Å². The van der Waals surface area contributed by atoms with Crippen molar-refractivity contribution in [1.29, 1.82) is 0 Å². The highest BCUT2D eigenvalue weighted by atomic mass is 15.2. The lowest BCUT2D eigenvalue weighted by Gasteiger charge is -2.08. The lowest BCUT2D eigenvalue weighted by Crippen LogP contribution is -2.03. The molecule has 3 aromatic rings. The molecular weight excluding hydrogens is 260 g/mol. The van der Waals surface area contributed by atoms with E-state index in [1.807, 2.05) is 17.9 Å². The summed E-state index contributed by atoms with van der Waals surface area (Å²) in [4.78, 5) is 0. The molecule has 0 saturated heterocycles. The fourth-order valence-corrected chi connectivity index (χ4v) is 2.95. The number of fused-ring (bicyclic) bond motifs is 1. The van der Waals surface area contributed by atoms with Crippen molar-refractivity contribution < 1.29 is 0 Å². The van der Waals surface area contributed by atoms with Gasteiger partial charge >= 0.3 is 0 Å². The zero-order chi connectivity index (χ0) is 15.0. The number of rotatable bonds is 4. The molecule has 0 aliphatic carbocycles. The van der Waals surface area contributed by atoms with E-state index < -0.39 is 0 Å². The number of benzene rings is 1. The molecule has 4 heteroatoms. The highest BCUT2D eigenvalue weighted by Crippen LogP contribution is 2.26. The Morgan fingerprint density at radius 3 is 2.67 bits per heavy atom. The van der Waals surface area contributed by atoms with E-state index in [4.69, 9.17) is 5.73 Å². The van der Waals surface area contributed by atoms with E-state index in [-0.39, 0.29) is 0 Å². The number of aryl methyl sites for hydroxylation is 4. The maximum absolute atomic E-state index is 5.76. The normalized spacial score (nSPS) is 11.4. The zero-order valence-electron chi connectivity index (χ0n) is 12.9. The van der Waals surface area contributed by atoms with Gasteiger partial charge in [-0.1, -0.05) is 6.07 Å². The first kappa shape index (κ1) is 13.9. The summed E-state index contributed by atoms with van der Waals surface area (Å²) in [6, 6.07) is 6.54. The summed E-state index contributed by atoms with van der Waals surface area (Å²) in [7, 11) is 1.96. The van der Waals surface area contributed by atoms with Crippen LogP contribution in [-0.2, 0) is 26.6 Å². The summed E-state index contributed by atoms with van der Waals surface area (Å²) in [6.45, 7) is 5.96. The van der Waals surface area contributed by atoms with Gasteiger partial charge in [-0.25, -0.2) is 0 Å². The van der Waals surface area contributed by atoms with Gasteiger partial charge in [0, 0.05) is 42.9 Å². The Morgan fingerprint density at radius 1 is 1.19 bits per heavy atom. The van der Waals surface area contributed by atoms with Gasteiger partial charge in [0.2, 0.25) is 0 Å². The smallest absolute Gasteiger partial charge is 0.0522 e. The van der Waals surface area contributed by atoms with Crippen LogP contribution >= 0.6 is 0 Å². The number of aromatic nitrogens is 3. The Morgan fingerprint density at radius 2 is 2.00 bits per heavy atom. The van der Waals surface area contributed by atoms with Crippen molar-refractivity contribution in [3.8, 4) is 0 Å². The Kier molecular flexibility index (Phi) is 3.55. The van der Waals surface area contributed by atoms with Crippen molar-refractivity contribution in [3.63, 3.8) is 0 Å². The average Bonchev–Trinajstić information content (AvgIpc) is 3.00. The van der Waals surface area contributed by atoms with Crippen molar-refractivity contribution in [2.45, 2.75) is 33.4 Å². The third kappa shape index (κ3) is 2.47. The number of nitrogens with two attached hydrogens (primary N) is 1. The highest BCUT2D eigenvalue weighted by Gasteiger charge is 2.11. The minimum Gasteiger partial charge on any atom is -0.344 e. The molecule has 3 rings (SSSR count). The Balaban J connectivity index is 1.96. The van der Waals surface area contributed by atoms with Gasteiger partial charge in [-0.15, -0.1) is 0 Å².